The summed E-state index contributed by atoms with van der Waals surface area (Å²) in [6.45, 7) is -1.33. The van der Waals surface area contributed by atoms with Crippen molar-refractivity contribution in [3.05, 3.63) is 89.1 Å². The summed E-state index contributed by atoms with van der Waals surface area (Å²) >= 11 is 0. The lowest BCUT2D eigenvalue weighted by Gasteiger charge is -2.13. The van der Waals surface area contributed by atoms with Crippen molar-refractivity contribution in [2.75, 3.05) is 12.4 Å². The SMILES string of the molecule is [2H]C([2H])(c1ccc(C(=O)NS(=O)(=O)c2ccccc2C)cc1OC)c1cn(C([2H])([2H])[2H])c2ccc(NC(=O)OC3([2H])C([2H])([2H])C([2H])([2H])C([2H])([2H])C3([2H])[2H])cc12. The van der Waals surface area contributed by atoms with Gasteiger partial charge in [-0.05, 0) is 85.5 Å². The molecule has 0 bridgehead atoms. The van der Waals surface area contributed by atoms with Gasteiger partial charge in [0.25, 0.3) is 15.9 Å². The summed E-state index contributed by atoms with van der Waals surface area (Å²) in [5.74, 6) is -1.30. The smallest absolute Gasteiger partial charge is 0.411 e. The van der Waals surface area contributed by atoms with Crippen LogP contribution in [0, 0.1) is 6.92 Å². The predicted molar refractivity (Wildman–Crippen MR) is 157 cm³/mol. The Hall–Kier alpha value is -4.31. The number of carbonyl (C=O) groups is 2. The molecule has 1 fully saturated rings. The summed E-state index contributed by atoms with van der Waals surface area (Å²) in [5.41, 5.74) is -0.732. The molecule has 4 aromatic rings. The van der Waals surface area contributed by atoms with Gasteiger partial charge in [-0.25, -0.2) is 17.9 Å². The van der Waals surface area contributed by atoms with Crippen LogP contribution in [0.5, 0.6) is 5.75 Å². The minimum Gasteiger partial charge on any atom is -0.496 e. The molecule has 2 N–H and O–H groups in total. The number of benzene rings is 3. The molecule has 1 heterocycles. The largest absolute Gasteiger partial charge is 0.496 e. The predicted octanol–water partition coefficient (Wildman–Crippen LogP) is 5.70. The number of amides is 2. The van der Waals surface area contributed by atoms with Gasteiger partial charge in [0.2, 0.25) is 0 Å². The highest BCUT2D eigenvalue weighted by molar-refractivity contribution is 7.90. The van der Waals surface area contributed by atoms with E-state index < -0.39 is 66.9 Å². The zero-order chi connectivity index (χ0) is 41.5. The van der Waals surface area contributed by atoms with Crippen LogP contribution in [0.4, 0.5) is 10.5 Å². The van der Waals surface area contributed by atoms with Gasteiger partial charge in [-0.2, -0.15) is 0 Å². The summed E-state index contributed by atoms with van der Waals surface area (Å²) < 4.78 is 154. The lowest BCUT2D eigenvalue weighted by Crippen LogP contribution is -2.31. The first kappa shape index (κ1) is 15.6. The fourth-order valence-electron chi connectivity index (χ4n) is 4.08. The molecule has 0 aliphatic heterocycles. The third kappa shape index (κ3) is 6.22. The van der Waals surface area contributed by atoms with Gasteiger partial charge in [-0.15, -0.1) is 0 Å². The number of carbonyl (C=O) groups excluding carboxylic acids is 2. The normalized spacial score (nSPS) is 25.1. The zero-order valence-electron chi connectivity index (χ0n) is 35.7. The molecule has 1 aromatic heterocycles. The van der Waals surface area contributed by atoms with E-state index in [0.29, 0.717) is 5.56 Å². The van der Waals surface area contributed by atoms with Gasteiger partial charge in [0.05, 0.1) is 13.4 Å². The van der Waals surface area contributed by atoms with E-state index in [1.807, 2.05) is 4.72 Å². The second-order valence-electron chi connectivity index (χ2n) is 8.73. The number of anilines is 1. The van der Waals surface area contributed by atoms with E-state index in [-0.39, 0.29) is 43.9 Å². The Morgan fingerprint density at radius 2 is 1.90 bits per heavy atom. The molecule has 1 aliphatic carbocycles. The first-order valence-electron chi connectivity index (χ1n) is 19.0. The van der Waals surface area contributed by atoms with Crippen molar-refractivity contribution >= 4 is 38.6 Å². The molecular formula is C31H33N3O6S. The van der Waals surface area contributed by atoms with E-state index in [0.717, 1.165) is 48.2 Å². The highest BCUT2D eigenvalue weighted by atomic mass is 32.2. The van der Waals surface area contributed by atoms with Crippen LogP contribution in [0.2, 0.25) is 0 Å². The summed E-state index contributed by atoms with van der Waals surface area (Å²) in [4.78, 5) is 26.0. The number of nitrogens with one attached hydrogen (secondary N) is 2. The molecule has 9 nitrogen and oxygen atoms in total. The fraction of sp³-hybridized carbons (Fsp3) is 0.290. The van der Waals surface area contributed by atoms with Crippen molar-refractivity contribution in [2.45, 2.75) is 49.8 Å². The van der Waals surface area contributed by atoms with Gasteiger partial charge in [-0.1, -0.05) is 24.3 Å². The maximum absolute atomic E-state index is 13.1. The lowest BCUT2D eigenvalue weighted by molar-refractivity contribution is 0.0980. The Labute approximate surface area is 259 Å². The number of nitrogens with zero attached hydrogens (tertiary/aromatic N) is 1. The Bertz CT molecular complexity index is 2300. The summed E-state index contributed by atoms with van der Waals surface area (Å²) in [6, 6.07) is 12.7. The average molecular weight is 590 g/mol. The average Bonchev–Trinajstić information content (AvgIpc) is 3.49. The van der Waals surface area contributed by atoms with Crippen LogP contribution in [-0.4, -0.2) is 38.2 Å². The molecule has 0 radical (unpaired) electrons. The van der Waals surface area contributed by atoms with Crippen LogP contribution < -0.4 is 14.8 Å². The molecular weight excluding hydrogens is 542 g/mol. The fourth-order valence-corrected chi connectivity index (χ4v) is 5.30. The minimum absolute atomic E-state index is 0.0732. The molecule has 1 aliphatic rings. The van der Waals surface area contributed by atoms with Crippen molar-refractivity contribution in [1.82, 2.24) is 9.29 Å². The Kier molecular flexibility index (Phi) is 4.44. The van der Waals surface area contributed by atoms with Crippen molar-refractivity contribution < 1.29 is 46.7 Å². The molecule has 0 unspecified atom stereocenters. The third-order valence-corrected chi connectivity index (χ3v) is 7.49. The molecule has 3 aromatic carbocycles. The van der Waals surface area contributed by atoms with Crippen molar-refractivity contribution in [3.8, 4) is 5.75 Å². The highest BCUT2D eigenvalue weighted by Crippen LogP contribution is 2.30. The Morgan fingerprint density at radius 3 is 2.63 bits per heavy atom. The first-order chi connectivity index (χ1) is 25.0. The van der Waals surface area contributed by atoms with Crippen LogP contribution in [0.1, 0.15) is 71.7 Å². The van der Waals surface area contributed by atoms with Crippen LogP contribution in [0.15, 0.2) is 71.8 Å². The van der Waals surface area contributed by atoms with Crippen molar-refractivity contribution in [3.63, 3.8) is 0 Å². The van der Waals surface area contributed by atoms with Gasteiger partial charge in [0, 0.05) is 59.5 Å². The van der Waals surface area contributed by atoms with Crippen LogP contribution in [0.3, 0.4) is 0 Å². The molecule has 5 rings (SSSR count). The molecule has 1 saturated carbocycles. The number of rotatable bonds is 8. The van der Waals surface area contributed by atoms with E-state index >= 15 is 0 Å². The number of aromatic nitrogens is 1. The van der Waals surface area contributed by atoms with Gasteiger partial charge in [0.15, 0.2) is 0 Å². The van der Waals surface area contributed by atoms with Gasteiger partial charge < -0.3 is 14.0 Å². The first-order valence-corrected chi connectivity index (χ1v) is 13.5. The Balaban J connectivity index is 1.52. The number of ether oxygens (including phenoxy) is 2. The number of hydrogen-bond donors (Lipinski definition) is 2. The van der Waals surface area contributed by atoms with E-state index in [1.165, 1.54) is 18.2 Å². The molecule has 10 heteroatoms. The summed E-state index contributed by atoms with van der Waals surface area (Å²) in [5, 5.41) is 1.99. The molecule has 2 amide bonds. The summed E-state index contributed by atoms with van der Waals surface area (Å²) in [6.07, 6.45) is -21.8. The maximum Gasteiger partial charge on any atom is 0.411 e. The third-order valence-electron chi connectivity index (χ3n) is 6.00. The van der Waals surface area contributed by atoms with Gasteiger partial charge in [0.1, 0.15) is 11.8 Å². The molecule has 0 saturated heterocycles. The van der Waals surface area contributed by atoms with Crippen molar-refractivity contribution in [2.24, 2.45) is 6.98 Å². The second kappa shape index (κ2) is 11.7. The van der Waals surface area contributed by atoms with Crippen LogP contribution in [-0.2, 0) is 28.1 Å². The number of sulfonamides is 1. The number of methoxy groups -OCH3 is 1. The van der Waals surface area contributed by atoms with Crippen molar-refractivity contribution in [1.29, 1.82) is 0 Å². The molecule has 0 spiro atoms. The van der Waals surface area contributed by atoms with Gasteiger partial charge >= 0.3 is 6.09 Å². The zero-order valence-corrected chi connectivity index (χ0v) is 22.5. The van der Waals surface area contributed by atoms with Crippen LogP contribution >= 0.6 is 0 Å². The number of hydrogen-bond acceptors (Lipinski definition) is 6. The monoisotopic (exact) mass is 589 g/mol. The summed E-state index contributed by atoms with van der Waals surface area (Å²) in [7, 11) is -3.15. The van der Waals surface area contributed by atoms with E-state index in [2.05, 4.69) is 5.32 Å². The lowest BCUT2D eigenvalue weighted by atomic mass is 10.0. The molecule has 41 heavy (non-hydrogen) atoms. The minimum atomic E-state index is -4.31. The van der Waals surface area contributed by atoms with E-state index in [9.17, 15) is 18.0 Å². The number of fused-ring (bicyclic) bond motifs is 1. The molecule has 0 atom stereocenters. The topological polar surface area (TPSA) is 116 Å². The van der Waals surface area contributed by atoms with E-state index in [4.69, 9.17) is 28.7 Å². The highest BCUT2D eigenvalue weighted by Gasteiger charge is 2.22. The standard InChI is InChI=1S/C31H33N3O6S/c1-20-8-4-7-11-29(20)41(37,38)33-30(35)22-13-12-21(28(17-22)39-3)16-23-19-34(2)27-15-14-24(18-26(23)27)32-31(36)40-25-9-5-6-10-25/h4,7-8,11-15,17-19,25H,5-6,9-10,16H2,1-3H3,(H,32,36)(H,33,35)/i2D3,5D2,6D2,9D2,10D2,16D2,25D. The number of aryl methyl sites for hydroxylation is 2. The maximum atomic E-state index is 13.1. The second-order valence-corrected chi connectivity index (χ2v) is 10.4. The quantitative estimate of drug-likeness (QED) is 0.273. The van der Waals surface area contributed by atoms with Crippen LogP contribution in [0.25, 0.3) is 10.9 Å². The Morgan fingerprint density at radius 1 is 1.12 bits per heavy atom. The van der Waals surface area contributed by atoms with Gasteiger partial charge in [-0.3, -0.25) is 10.1 Å². The van der Waals surface area contributed by atoms with E-state index in [1.54, 1.807) is 19.1 Å². The molecule has 214 valence electrons.